The maximum absolute atomic E-state index is 5.45. The first-order chi connectivity index (χ1) is 8.42. The fourth-order valence-electron chi connectivity index (χ4n) is 1.92. The average Bonchev–Trinajstić information content (AvgIpc) is 3.00. The summed E-state index contributed by atoms with van der Waals surface area (Å²) in [5.74, 6) is 0. The van der Waals surface area contributed by atoms with Gasteiger partial charge in [-0.2, -0.15) is 0 Å². The van der Waals surface area contributed by atoms with Gasteiger partial charge in [-0.25, -0.2) is 4.98 Å². The second-order valence-corrected chi connectivity index (χ2v) is 5.86. The van der Waals surface area contributed by atoms with Gasteiger partial charge >= 0.3 is 0 Å². The molecular weight excluding hydrogens is 252 g/mol. The number of hydrogen-bond acceptors (Lipinski definition) is 5. The molecule has 0 aliphatic carbocycles. The number of hydrogen-bond donors (Lipinski definition) is 1. The summed E-state index contributed by atoms with van der Waals surface area (Å²) >= 11 is 3.47. The Bertz CT molecular complexity index is 461. The molecule has 3 rings (SSSR count). The molecular formula is C12H14N2OS2. The molecule has 1 saturated heterocycles. The van der Waals surface area contributed by atoms with E-state index in [2.05, 4.69) is 33.2 Å². The molecule has 0 spiro atoms. The van der Waals surface area contributed by atoms with E-state index in [0.29, 0.717) is 6.04 Å². The number of nitrogens with one attached hydrogen (secondary N) is 1. The van der Waals surface area contributed by atoms with Gasteiger partial charge in [0.25, 0.3) is 0 Å². The van der Waals surface area contributed by atoms with Crippen molar-refractivity contribution in [3.63, 3.8) is 0 Å². The lowest BCUT2D eigenvalue weighted by molar-refractivity contribution is 0.0767. The lowest BCUT2D eigenvalue weighted by atomic mass is 10.1. The van der Waals surface area contributed by atoms with E-state index in [4.69, 9.17) is 4.74 Å². The Morgan fingerprint density at radius 2 is 2.47 bits per heavy atom. The molecule has 1 atom stereocenters. The van der Waals surface area contributed by atoms with Crippen LogP contribution in [0.2, 0.25) is 0 Å². The third-order valence-corrected chi connectivity index (χ3v) is 4.67. The zero-order valence-electron chi connectivity index (χ0n) is 9.39. The van der Waals surface area contributed by atoms with Crippen LogP contribution in [0.25, 0.3) is 9.88 Å². The monoisotopic (exact) mass is 266 g/mol. The third-order valence-electron chi connectivity index (χ3n) is 2.74. The van der Waals surface area contributed by atoms with E-state index in [9.17, 15) is 0 Å². The Hall–Kier alpha value is -0.750. The number of rotatable bonds is 3. The van der Waals surface area contributed by atoms with Crippen molar-refractivity contribution in [1.82, 2.24) is 10.3 Å². The van der Waals surface area contributed by atoms with E-state index >= 15 is 0 Å². The molecule has 0 radical (unpaired) electrons. The second kappa shape index (κ2) is 5.27. The first-order valence-corrected chi connectivity index (χ1v) is 7.47. The molecule has 0 saturated carbocycles. The fraction of sp³-hybridized carbons (Fsp3) is 0.417. The van der Waals surface area contributed by atoms with Crippen LogP contribution in [0.5, 0.6) is 0 Å². The Labute approximate surface area is 108 Å². The van der Waals surface area contributed by atoms with E-state index < -0.39 is 0 Å². The highest BCUT2D eigenvalue weighted by Crippen LogP contribution is 2.28. The highest BCUT2D eigenvalue weighted by molar-refractivity contribution is 7.20. The predicted octanol–water partition coefficient (Wildman–Crippen LogP) is 2.40. The van der Waals surface area contributed by atoms with Gasteiger partial charge in [-0.3, -0.25) is 0 Å². The second-order valence-electron chi connectivity index (χ2n) is 4.05. The molecule has 1 aliphatic rings. The molecule has 3 nitrogen and oxygen atoms in total. The van der Waals surface area contributed by atoms with Gasteiger partial charge in [-0.15, -0.1) is 22.7 Å². The normalized spacial score (nSPS) is 20.6. The third kappa shape index (κ3) is 2.74. The lowest BCUT2D eigenvalue weighted by Gasteiger charge is -2.22. The number of nitrogens with zero attached hydrogens (tertiary/aromatic N) is 1. The van der Waals surface area contributed by atoms with Crippen LogP contribution in [0.15, 0.2) is 22.9 Å². The Kier molecular flexibility index (Phi) is 3.51. The van der Waals surface area contributed by atoms with Gasteiger partial charge in [0.15, 0.2) is 0 Å². The van der Waals surface area contributed by atoms with E-state index in [1.807, 2.05) is 0 Å². The minimum Gasteiger partial charge on any atom is -0.379 e. The van der Waals surface area contributed by atoms with Crippen molar-refractivity contribution in [2.24, 2.45) is 0 Å². The highest BCUT2D eigenvalue weighted by Gasteiger charge is 2.15. The molecule has 1 fully saturated rings. The van der Waals surface area contributed by atoms with Gasteiger partial charge in [0, 0.05) is 24.4 Å². The maximum Gasteiger partial charge on any atom is 0.133 e. The molecule has 3 heterocycles. The van der Waals surface area contributed by atoms with Gasteiger partial charge in [0.2, 0.25) is 0 Å². The molecule has 2 aromatic heterocycles. The van der Waals surface area contributed by atoms with E-state index in [-0.39, 0.29) is 0 Å². The molecule has 90 valence electrons. The number of ether oxygens (including phenoxy) is 1. The van der Waals surface area contributed by atoms with Crippen molar-refractivity contribution in [2.75, 3.05) is 19.8 Å². The summed E-state index contributed by atoms with van der Waals surface area (Å²) in [7, 11) is 0. The summed E-state index contributed by atoms with van der Waals surface area (Å²) in [5.41, 5.74) is 1.17. The minimum absolute atomic E-state index is 0.419. The van der Waals surface area contributed by atoms with Crippen LogP contribution in [0.1, 0.15) is 5.69 Å². The molecule has 1 aliphatic heterocycles. The summed E-state index contributed by atoms with van der Waals surface area (Å²) < 4.78 is 5.45. The van der Waals surface area contributed by atoms with Gasteiger partial charge < -0.3 is 10.1 Å². The van der Waals surface area contributed by atoms with Crippen LogP contribution in [-0.4, -0.2) is 30.8 Å². The summed E-state index contributed by atoms with van der Waals surface area (Å²) in [5, 5.41) is 8.83. The van der Waals surface area contributed by atoms with E-state index in [0.717, 1.165) is 31.2 Å². The van der Waals surface area contributed by atoms with Crippen molar-refractivity contribution < 1.29 is 4.74 Å². The molecule has 1 N–H and O–H groups in total. The molecule has 0 amide bonds. The summed E-state index contributed by atoms with van der Waals surface area (Å²) in [6.45, 7) is 2.58. The van der Waals surface area contributed by atoms with Gasteiger partial charge in [0.05, 0.1) is 23.8 Å². The number of thiazole rings is 1. The maximum atomic E-state index is 5.45. The molecule has 17 heavy (non-hydrogen) atoms. The van der Waals surface area contributed by atoms with Crippen LogP contribution in [-0.2, 0) is 11.2 Å². The van der Waals surface area contributed by atoms with Crippen LogP contribution >= 0.6 is 22.7 Å². The largest absolute Gasteiger partial charge is 0.379 e. The SMILES string of the molecule is c1csc(-c2nc(CC3COCCN3)cs2)c1. The van der Waals surface area contributed by atoms with Crippen LogP contribution in [0.3, 0.4) is 0 Å². The summed E-state index contributed by atoms with van der Waals surface area (Å²) in [6.07, 6.45) is 0.960. The zero-order chi connectivity index (χ0) is 11.5. The quantitative estimate of drug-likeness (QED) is 0.926. The first-order valence-electron chi connectivity index (χ1n) is 5.71. The van der Waals surface area contributed by atoms with Gasteiger partial charge in [-0.1, -0.05) is 6.07 Å². The minimum atomic E-state index is 0.419. The zero-order valence-corrected chi connectivity index (χ0v) is 11.0. The first kappa shape index (κ1) is 11.3. The number of thiophene rings is 1. The average molecular weight is 266 g/mol. The topological polar surface area (TPSA) is 34.1 Å². The van der Waals surface area contributed by atoms with Crippen molar-refractivity contribution in [1.29, 1.82) is 0 Å². The van der Waals surface area contributed by atoms with Crippen LogP contribution in [0, 0.1) is 0 Å². The van der Waals surface area contributed by atoms with Crippen LogP contribution < -0.4 is 5.32 Å². The van der Waals surface area contributed by atoms with Crippen LogP contribution in [0.4, 0.5) is 0 Å². The van der Waals surface area contributed by atoms with Gasteiger partial charge in [-0.05, 0) is 11.4 Å². The predicted molar refractivity (Wildman–Crippen MR) is 71.7 cm³/mol. The molecule has 2 aromatic rings. The van der Waals surface area contributed by atoms with Gasteiger partial charge in [0.1, 0.15) is 5.01 Å². The summed E-state index contributed by atoms with van der Waals surface area (Å²) in [6, 6.07) is 4.61. The smallest absolute Gasteiger partial charge is 0.133 e. The number of morpholine rings is 1. The lowest BCUT2D eigenvalue weighted by Crippen LogP contribution is -2.42. The molecule has 5 heteroatoms. The Balaban J connectivity index is 1.68. The Morgan fingerprint density at radius 3 is 3.24 bits per heavy atom. The summed E-state index contributed by atoms with van der Waals surface area (Å²) in [4.78, 5) is 5.94. The van der Waals surface area contributed by atoms with Crippen molar-refractivity contribution in [3.8, 4) is 9.88 Å². The van der Waals surface area contributed by atoms with E-state index in [1.165, 1.54) is 10.6 Å². The molecule has 0 bridgehead atoms. The fourth-order valence-corrected chi connectivity index (χ4v) is 3.56. The van der Waals surface area contributed by atoms with Crippen molar-refractivity contribution in [2.45, 2.75) is 12.5 Å². The van der Waals surface area contributed by atoms with E-state index in [1.54, 1.807) is 22.7 Å². The highest BCUT2D eigenvalue weighted by atomic mass is 32.1. The molecule has 0 aromatic carbocycles. The number of aromatic nitrogens is 1. The molecule has 1 unspecified atom stereocenters. The van der Waals surface area contributed by atoms with Crippen molar-refractivity contribution >= 4 is 22.7 Å². The standard InChI is InChI=1S/C12H14N2OS2/c1-2-11(16-5-1)12-14-10(8-17-12)6-9-7-15-4-3-13-9/h1-2,5,8-9,13H,3-4,6-7H2. The van der Waals surface area contributed by atoms with Crippen molar-refractivity contribution in [3.05, 3.63) is 28.6 Å². The Morgan fingerprint density at radius 1 is 1.47 bits per heavy atom.